The molecule has 32 heavy (non-hydrogen) atoms. The average molecular weight is 459 g/mol. The van der Waals surface area contributed by atoms with Crippen LogP contribution in [0.3, 0.4) is 0 Å². The van der Waals surface area contributed by atoms with Crippen LogP contribution in [0.15, 0.2) is 53.4 Å². The van der Waals surface area contributed by atoms with E-state index >= 15 is 0 Å². The zero-order valence-corrected chi connectivity index (χ0v) is 19.9. The van der Waals surface area contributed by atoms with Gasteiger partial charge in [0.15, 0.2) is 0 Å². The molecule has 6 nitrogen and oxygen atoms in total. The molecule has 1 saturated heterocycles. The number of carbonyl (C=O) groups excluding carboxylic acids is 1. The smallest absolute Gasteiger partial charge is 0.230 e. The molecule has 0 spiro atoms. The van der Waals surface area contributed by atoms with Gasteiger partial charge in [0.1, 0.15) is 18.1 Å². The van der Waals surface area contributed by atoms with Crippen LogP contribution in [0.5, 0.6) is 11.5 Å². The summed E-state index contributed by atoms with van der Waals surface area (Å²) in [5.41, 5.74) is 1.03. The van der Waals surface area contributed by atoms with E-state index in [1.54, 1.807) is 0 Å². The van der Waals surface area contributed by atoms with Gasteiger partial charge in [-0.2, -0.15) is 0 Å². The Bertz CT molecular complexity index is 825. The Hall–Kier alpha value is -2.22. The number of nitrogens with zero attached hydrogens (tertiary/aromatic N) is 1. The lowest BCUT2D eigenvalue weighted by Crippen LogP contribution is -2.38. The van der Waals surface area contributed by atoms with Crippen molar-refractivity contribution in [1.82, 2.24) is 10.2 Å². The number of nitrogens with one attached hydrogen (secondary N) is 1. The van der Waals surface area contributed by atoms with Gasteiger partial charge < -0.3 is 19.5 Å². The first-order valence-corrected chi connectivity index (χ1v) is 12.2. The van der Waals surface area contributed by atoms with Crippen LogP contribution in [0.25, 0.3) is 0 Å². The predicted octanol–water partition coefficient (Wildman–Crippen LogP) is 3.98. The van der Waals surface area contributed by atoms with Crippen LogP contribution in [-0.4, -0.2) is 62.6 Å². The van der Waals surface area contributed by atoms with Crippen LogP contribution >= 0.6 is 11.8 Å². The molecule has 0 saturated carbocycles. The lowest BCUT2D eigenvalue weighted by atomic mass is 10.1. The second-order valence-corrected chi connectivity index (χ2v) is 8.84. The van der Waals surface area contributed by atoms with Gasteiger partial charge in [-0.05, 0) is 68.8 Å². The Morgan fingerprint density at radius 3 is 2.66 bits per heavy atom. The van der Waals surface area contributed by atoms with Crippen LogP contribution < -0.4 is 14.8 Å². The van der Waals surface area contributed by atoms with Crippen LogP contribution in [0.2, 0.25) is 0 Å². The molecule has 0 unspecified atom stereocenters. The Morgan fingerprint density at radius 2 is 1.91 bits per heavy atom. The zero-order valence-electron chi connectivity index (χ0n) is 19.0. The van der Waals surface area contributed by atoms with Gasteiger partial charge in [0.25, 0.3) is 0 Å². The maximum atomic E-state index is 12.2. The molecule has 2 aromatic rings. The summed E-state index contributed by atoms with van der Waals surface area (Å²) < 4.78 is 16.8. The number of rotatable bonds is 12. The fourth-order valence-corrected chi connectivity index (χ4v) is 4.29. The summed E-state index contributed by atoms with van der Waals surface area (Å²) in [5, 5.41) is 2.99. The van der Waals surface area contributed by atoms with E-state index in [0.29, 0.717) is 31.6 Å². The summed E-state index contributed by atoms with van der Waals surface area (Å²) in [5.74, 6) is 2.07. The van der Waals surface area contributed by atoms with Crippen LogP contribution in [0.4, 0.5) is 0 Å². The third-order valence-corrected chi connectivity index (χ3v) is 6.43. The highest BCUT2D eigenvalue weighted by atomic mass is 32.2. The van der Waals surface area contributed by atoms with Crippen molar-refractivity contribution in [3.8, 4) is 11.5 Å². The zero-order chi connectivity index (χ0) is 22.6. The lowest BCUT2D eigenvalue weighted by molar-refractivity contribution is -0.118. The van der Waals surface area contributed by atoms with Crippen molar-refractivity contribution < 1.29 is 19.0 Å². The molecule has 0 radical (unpaired) electrons. The fourth-order valence-electron chi connectivity index (χ4n) is 3.56. The number of amides is 1. The number of likely N-dealkylation sites (N-methyl/N-ethyl adjacent to an activating group) is 1. The summed E-state index contributed by atoms with van der Waals surface area (Å²) in [7, 11) is 2.15. The Kier molecular flexibility index (Phi) is 10.2. The van der Waals surface area contributed by atoms with Crippen molar-refractivity contribution in [2.45, 2.75) is 37.2 Å². The molecule has 1 N–H and O–H groups in total. The monoisotopic (exact) mass is 458 g/mol. The van der Waals surface area contributed by atoms with E-state index in [1.807, 2.05) is 55.5 Å². The second-order valence-electron chi connectivity index (χ2n) is 7.79. The SMILES string of the molecule is CCOc1ccc(SCC(=O)NCc2cccc(OCCN(C)C3CCOCC3)c2)cc1. The lowest BCUT2D eigenvalue weighted by Gasteiger charge is -2.31. The summed E-state index contributed by atoms with van der Waals surface area (Å²) in [6.45, 7) is 6.32. The number of hydrogen-bond acceptors (Lipinski definition) is 6. The largest absolute Gasteiger partial charge is 0.494 e. The molecule has 1 amide bonds. The number of thioether (sulfide) groups is 1. The third kappa shape index (κ3) is 8.37. The van der Waals surface area contributed by atoms with E-state index in [-0.39, 0.29) is 5.91 Å². The summed E-state index contributed by atoms with van der Waals surface area (Å²) in [6.07, 6.45) is 2.17. The number of carbonyl (C=O) groups is 1. The maximum Gasteiger partial charge on any atom is 0.230 e. The van der Waals surface area contributed by atoms with E-state index in [0.717, 1.165) is 54.6 Å². The van der Waals surface area contributed by atoms with Crippen molar-refractivity contribution in [3.05, 3.63) is 54.1 Å². The van der Waals surface area contributed by atoms with Crippen molar-refractivity contribution >= 4 is 17.7 Å². The average Bonchev–Trinajstić information content (AvgIpc) is 2.83. The predicted molar refractivity (Wildman–Crippen MR) is 129 cm³/mol. The standard InChI is InChI=1S/C25H34N2O4S/c1-3-30-22-7-9-24(10-8-22)32-19-25(28)26-18-20-5-4-6-23(17-20)31-16-13-27(2)21-11-14-29-15-12-21/h4-10,17,21H,3,11-16,18-19H2,1-2H3,(H,26,28). The van der Waals surface area contributed by atoms with Crippen LogP contribution in [0.1, 0.15) is 25.3 Å². The molecule has 3 rings (SSSR count). The van der Waals surface area contributed by atoms with Crippen molar-refractivity contribution in [2.75, 3.05) is 45.8 Å². The minimum absolute atomic E-state index is 0.00768. The molecular weight excluding hydrogens is 424 g/mol. The Morgan fingerprint density at radius 1 is 1.12 bits per heavy atom. The maximum absolute atomic E-state index is 12.2. The minimum Gasteiger partial charge on any atom is -0.494 e. The van der Waals surface area contributed by atoms with Gasteiger partial charge in [-0.3, -0.25) is 9.69 Å². The first-order valence-electron chi connectivity index (χ1n) is 11.3. The molecular formula is C25H34N2O4S. The molecule has 0 atom stereocenters. The summed E-state index contributed by atoms with van der Waals surface area (Å²) >= 11 is 1.51. The van der Waals surface area contributed by atoms with Crippen molar-refractivity contribution in [1.29, 1.82) is 0 Å². The normalized spacial score (nSPS) is 14.3. The molecule has 0 aromatic heterocycles. The molecule has 7 heteroatoms. The topological polar surface area (TPSA) is 60.0 Å². The van der Waals surface area contributed by atoms with E-state index in [2.05, 4.69) is 17.3 Å². The summed E-state index contributed by atoms with van der Waals surface area (Å²) in [4.78, 5) is 15.6. The first-order chi connectivity index (χ1) is 15.6. The highest BCUT2D eigenvalue weighted by Gasteiger charge is 2.18. The number of ether oxygens (including phenoxy) is 3. The van der Waals surface area contributed by atoms with Crippen LogP contribution in [0, 0.1) is 0 Å². The summed E-state index contributed by atoms with van der Waals surface area (Å²) in [6, 6.07) is 16.3. The highest BCUT2D eigenvalue weighted by Crippen LogP contribution is 2.21. The quantitative estimate of drug-likeness (QED) is 0.486. The van der Waals surface area contributed by atoms with Gasteiger partial charge in [0.05, 0.1) is 12.4 Å². The molecule has 2 aromatic carbocycles. The molecule has 0 aliphatic carbocycles. The number of hydrogen-bond donors (Lipinski definition) is 1. The van der Waals surface area contributed by atoms with Gasteiger partial charge in [-0.1, -0.05) is 12.1 Å². The molecule has 1 aliphatic heterocycles. The van der Waals surface area contributed by atoms with Gasteiger partial charge >= 0.3 is 0 Å². The van der Waals surface area contributed by atoms with E-state index in [1.165, 1.54) is 11.8 Å². The van der Waals surface area contributed by atoms with Gasteiger partial charge in [-0.15, -0.1) is 11.8 Å². The fraction of sp³-hybridized carbons (Fsp3) is 0.480. The Labute approximate surface area is 195 Å². The minimum atomic E-state index is 0.00768. The van der Waals surface area contributed by atoms with Gasteiger partial charge in [0, 0.05) is 37.2 Å². The molecule has 0 bridgehead atoms. The number of benzene rings is 2. The van der Waals surface area contributed by atoms with Crippen molar-refractivity contribution in [3.63, 3.8) is 0 Å². The third-order valence-electron chi connectivity index (χ3n) is 5.42. The van der Waals surface area contributed by atoms with Crippen molar-refractivity contribution in [2.24, 2.45) is 0 Å². The first kappa shape index (κ1) is 24.4. The second kappa shape index (κ2) is 13.4. The molecule has 174 valence electrons. The molecule has 1 fully saturated rings. The Balaban J connectivity index is 1.36. The molecule has 1 heterocycles. The van der Waals surface area contributed by atoms with E-state index < -0.39 is 0 Å². The van der Waals surface area contributed by atoms with Gasteiger partial charge in [-0.25, -0.2) is 0 Å². The van der Waals surface area contributed by atoms with Crippen LogP contribution in [-0.2, 0) is 16.1 Å². The van der Waals surface area contributed by atoms with E-state index in [9.17, 15) is 4.79 Å². The molecule has 1 aliphatic rings. The van der Waals surface area contributed by atoms with E-state index in [4.69, 9.17) is 14.2 Å². The van der Waals surface area contributed by atoms with Gasteiger partial charge in [0.2, 0.25) is 5.91 Å². The highest BCUT2D eigenvalue weighted by molar-refractivity contribution is 8.00.